The minimum absolute atomic E-state index is 0.127. The number of carbonyl (C=O) groups excluding carboxylic acids is 1. The van der Waals surface area contributed by atoms with E-state index in [1.54, 1.807) is 0 Å². The molecule has 0 saturated heterocycles. The van der Waals surface area contributed by atoms with Gasteiger partial charge in [-0.2, -0.15) is 0 Å². The highest BCUT2D eigenvalue weighted by molar-refractivity contribution is 5.82. The van der Waals surface area contributed by atoms with Gasteiger partial charge in [0.05, 0.1) is 36.4 Å². The van der Waals surface area contributed by atoms with Gasteiger partial charge in [-0.3, -0.25) is 4.79 Å². The monoisotopic (exact) mass is 302 g/mol. The summed E-state index contributed by atoms with van der Waals surface area (Å²) >= 11 is 0. The van der Waals surface area contributed by atoms with Gasteiger partial charge in [0, 0.05) is 19.3 Å². The van der Waals surface area contributed by atoms with Crippen LogP contribution in [0.2, 0.25) is 0 Å². The fraction of sp³-hybridized carbons (Fsp3) is 0.933. The van der Waals surface area contributed by atoms with E-state index in [1.165, 1.54) is 0 Å². The molecule has 0 amide bonds. The maximum absolute atomic E-state index is 12.2. The minimum Gasteiger partial charge on any atom is -0.393 e. The van der Waals surface area contributed by atoms with Crippen LogP contribution in [0.15, 0.2) is 0 Å². The van der Waals surface area contributed by atoms with Crippen molar-refractivity contribution in [3.8, 4) is 0 Å². The Morgan fingerprint density at radius 2 is 1.43 bits per heavy atom. The first-order valence-corrected chi connectivity index (χ1v) is 7.81. The first-order valence-electron chi connectivity index (χ1n) is 7.81. The number of ketones is 1. The van der Waals surface area contributed by atoms with Gasteiger partial charge in [-0.05, 0) is 31.6 Å². The summed E-state index contributed by atoms with van der Waals surface area (Å²) in [5.74, 6) is -0.800. The molecule has 122 valence electrons. The Labute approximate surface area is 124 Å². The van der Waals surface area contributed by atoms with Gasteiger partial charge in [-0.1, -0.05) is 0 Å². The van der Waals surface area contributed by atoms with Crippen LogP contribution in [0.5, 0.6) is 0 Å². The van der Waals surface area contributed by atoms with Crippen molar-refractivity contribution in [2.75, 3.05) is 0 Å². The molecule has 2 aliphatic rings. The number of aliphatic hydroxyl groups excluding tert-OH is 5. The third kappa shape index (κ3) is 4.23. The van der Waals surface area contributed by atoms with Gasteiger partial charge in [-0.25, -0.2) is 0 Å². The highest BCUT2D eigenvalue weighted by atomic mass is 16.3. The normalized spacial score (nSPS) is 44.5. The standard InChI is InChI=1S/C15H26O6/c16-9-6-13(20)15(14(21)7-9)11(18)4-2-8-1-3-10(17)12(19)5-8/h8-10,12-17,19-21H,1-7H2. The molecule has 2 saturated carbocycles. The molecule has 0 bridgehead atoms. The zero-order valence-electron chi connectivity index (χ0n) is 12.1. The molecule has 5 unspecified atom stereocenters. The number of hydrogen-bond acceptors (Lipinski definition) is 6. The summed E-state index contributed by atoms with van der Waals surface area (Å²) in [7, 11) is 0. The van der Waals surface area contributed by atoms with E-state index < -0.39 is 36.4 Å². The van der Waals surface area contributed by atoms with Gasteiger partial charge in [0.25, 0.3) is 0 Å². The molecule has 0 heterocycles. The van der Waals surface area contributed by atoms with Crippen molar-refractivity contribution < 1.29 is 30.3 Å². The van der Waals surface area contributed by atoms with Crippen LogP contribution in [-0.4, -0.2) is 61.8 Å². The van der Waals surface area contributed by atoms with Crippen molar-refractivity contribution >= 4 is 5.78 Å². The van der Waals surface area contributed by atoms with Gasteiger partial charge < -0.3 is 25.5 Å². The van der Waals surface area contributed by atoms with E-state index in [9.17, 15) is 30.3 Å². The van der Waals surface area contributed by atoms with Gasteiger partial charge in [0.15, 0.2) is 0 Å². The van der Waals surface area contributed by atoms with Crippen LogP contribution in [0.1, 0.15) is 44.9 Å². The maximum atomic E-state index is 12.2. The Morgan fingerprint density at radius 1 is 0.810 bits per heavy atom. The second kappa shape index (κ2) is 7.15. The highest BCUT2D eigenvalue weighted by Crippen LogP contribution is 2.31. The molecule has 6 heteroatoms. The van der Waals surface area contributed by atoms with E-state index in [-0.39, 0.29) is 31.0 Å². The smallest absolute Gasteiger partial charge is 0.141 e. The molecule has 5 atom stereocenters. The minimum atomic E-state index is -0.991. The molecule has 21 heavy (non-hydrogen) atoms. The lowest BCUT2D eigenvalue weighted by Gasteiger charge is -2.34. The lowest BCUT2D eigenvalue weighted by molar-refractivity contribution is -0.139. The van der Waals surface area contributed by atoms with Crippen molar-refractivity contribution in [2.45, 2.75) is 75.5 Å². The fourth-order valence-electron chi connectivity index (χ4n) is 3.62. The Kier molecular flexibility index (Phi) is 5.73. The largest absolute Gasteiger partial charge is 0.393 e. The summed E-state index contributed by atoms with van der Waals surface area (Å²) in [6.07, 6.45) is -1.21. The van der Waals surface area contributed by atoms with E-state index >= 15 is 0 Å². The number of carbonyl (C=O) groups is 1. The summed E-state index contributed by atoms with van der Waals surface area (Å²) in [5.41, 5.74) is 0. The number of Topliss-reactive ketones (excluding diaryl/α,β-unsaturated/α-hetero) is 1. The lowest BCUT2D eigenvalue weighted by atomic mass is 9.77. The SMILES string of the molecule is O=C(CCC1CCC(O)C(O)C1)C1C(O)CC(O)CC1O. The molecular weight excluding hydrogens is 276 g/mol. The summed E-state index contributed by atoms with van der Waals surface area (Å²) in [4.78, 5) is 12.2. The molecule has 0 aliphatic heterocycles. The van der Waals surface area contributed by atoms with Crippen molar-refractivity contribution in [1.82, 2.24) is 0 Å². The molecule has 6 nitrogen and oxygen atoms in total. The first kappa shape index (κ1) is 16.8. The van der Waals surface area contributed by atoms with Crippen LogP contribution < -0.4 is 0 Å². The van der Waals surface area contributed by atoms with E-state index in [4.69, 9.17) is 0 Å². The van der Waals surface area contributed by atoms with Gasteiger partial charge in [-0.15, -0.1) is 0 Å². The highest BCUT2D eigenvalue weighted by Gasteiger charge is 2.39. The van der Waals surface area contributed by atoms with Gasteiger partial charge in [0.1, 0.15) is 5.78 Å². The van der Waals surface area contributed by atoms with Gasteiger partial charge >= 0.3 is 0 Å². The van der Waals surface area contributed by atoms with Crippen molar-refractivity contribution in [2.24, 2.45) is 11.8 Å². The molecule has 0 aromatic rings. The lowest BCUT2D eigenvalue weighted by Crippen LogP contribution is -2.46. The van der Waals surface area contributed by atoms with E-state index in [0.29, 0.717) is 19.3 Å². The fourth-order valence-corrected chi connectivity index (χ4v) is 3.62. The molecular formula is C15H26O6. The predicted octanol–water partition coefficient (Wildman–Crippen LogP) is -0.650. The second-order valence-corrected chi connectivity index (χ2v) is 6.60. The average Bonchev–Trinajstić information content (AvgIpc) is 2.39. The average molecular weight is 302 g/mol. The summed E-state index contributed by atoms with van der Waals surface area (Å²) in [6.45, 7) is 0. The molecule has 5 N–H and O–H groups in total. The summed E-state index contributed by atoms with van der Waals surface area (Å²) < 4.78 is 0. The third-order valence-corrected chi connectivity index (χ3v) is 4.92. The van der Waals surface area contributed by atoms with E-state index in [1.807, 2.05) is 0 Å². The zero-order chi connectivity index (χ0) is 15.6. The van der Waals surface area contributed by atoms with Crippen LogP contribution >= 0.6 is 0 Å². The third-order valence-electron chi connectivity index (χ3n) is 4.92. The van der Waals surface area contributed by atoms with Crippen LogP contribution in [-0.2, 0) is 4.79 Å². The Bertz CT molecular complexity index is 348. The quantitative estimate of drug-likeness (QED) is 0.471. The van der Waals surface area contributed by atoms with E-state index in [0.717, 1.165) is 6.42 Å². The molecule has 0 aromatic heterocycles. The first-order chi connectivity index (χ1) is 9.88. The van der Waals surface area contributed by atoms with Crippen LogP contribution in [0.25, 0.3) is 0 Å². The van der Waals surface area contributed by atoms with Crippen molar-refractivity contribution in [1.29, 1.82) is 0 Å². The molecule has 2 aliphatic carbocycles. The molecule has 0 aromatic carbocycles. The molecule has 2 rings (SSSR count). The second-order valence-electron chi connectivity index (χ2n) is 6.60. The van der Waals surface area contributed by atoms with Crippen LogP contribution in [0.4, 0.5) is 0 Å². The van der Waals surface area contributed by atoms with Gasteiger partial charge in [0.2, 0.25) is 0 Å². The molecule has 0 spiro atoms. The van der Waals surface area contributed by atoms with Crippen molar-refractivity contribution in [3.63, 3.8) is 0 Å². The number of aliphatic hydroxyl groups is 5. The number of rotatable bonds is 4. The maximum Gasteiger partial charge on any atom is 0.141 e. The topological polar surface area (TPSA) is 118 Å². The zero-order valence-corrected chi connectivity index (χ0v) is 12.1. The predicted molar refractivity (Wildman–Crippen MR) is 74.3 cm³/mol. The Hall–Kier alpha value is -0.530. The Morgan fingerprint density at radius 3 is 2.00 bits per heavy atom. The van der Waals surface area contributed by atoms with Crippen molar-refractivity contribution in [3.05, 3.63) is 0 Å². The molecule has 0 radical (unpaired) electrons. The Balaban J connectivity index is 1.81. The molecule has 2 fully saturated rings. The summed E-state index contributed by atoms with van der Waals surface area (Å²) in [5, 5.41) is 48.3. The van der Waals surface area contributed by atoms with E-state index in [2.05, 4.69) is 0 Å². The van der Waals surface area contributed by atoms with Crippen LogP contribution in [0, 0.1) is 11.8 Å². The number of hydrogen-bond donors (Lipinski definition) is 5. The van der Waals surface area contributed by atoms with Crippen LogP contribution in [0.3, 0.4) is 0 Å². The summed E-state index contributed by atoms with van der Waals surface area (Å²) in [6, 6.07) is 0.